The standard InChI is InChI=1S/C15H20FN3O2/c1-18(2)15(21)19-9-3-4-11(10-19)14(20)17-13-7-5-12(16)6-8-13/h5-8,11H,3-4,9-10H2,1-2H3,(H,17,20). The summed E-state index contributed by atoms with van der Waals surface area (Å²) in [5.74, 6) is -0.695. The molecule has 0 spiro atoms. The van der Waals surface area contributed by atoms with Crippen molar-refractivity contribution in [3.8, 4) is 0 Å². The maximum absolute atomic E-state index is 12.8. The van der Waals surface area contributed by atoms with E-state index in [0.29, 0.717) is 18.8 Å². The first-order valence-electron chi connectivity index (χ1n) is 7.00. The lowest BCUT2D eigenvalue weighted by Crippen LogP contribution is -2.47. The molecule has 0 aromatic heterocycles. The number of nitrogens with zero attached hydrogens (tertiary/aromatic N) is 2. The number of anilines is 1. The lowest BCUT2D eigenvalue weighted by molar-refractivity contribution is -0.121. The van der Waals surface area contributed by atoms with Crippen molar-refractivity contribution >= 4 is 17.6 Å². The van der Waals surface area contributed by atoms with Crippen molar-refractivity contribution in [2.75, 3.05) is 32.5 Å². The van der Waals surface area contributed by atoms with Crippen molar-refractivity contribution in [1.29, 1.82) is 0 Å². The summed E-state index contributed by atoms with van der Waals surface area (Å²) in [4.78, 5) is 27.4. The molecular formula is C15H20FN3O2. The van der Waals surface area contributed by atoms with Crippen LogP contribution in [0.25, 0.3) is 0 Å². The summed E-state index contributed by atoms with van der Waals surface area (Å²) in [5.41, 5.74) is 0.567. The molecule has 0 radical (unpaired) electrons. The normalized spacial score (nSPS) is 18.2. The molecule has 1 N–H and O–H groups in total. The van der Waals surface area contributed by atoms with Gasteiger partial charge in [0, 0.05) is 32.9 Å². The van der Waals surface area contributed by atoms with Gasteiger partial charge >= 0.3 is 6.03 Å². The van der Waals surface area contributed by atoms with Gasteiger partial charge in [0.15, 0.2) is 0 Å². The molecule has 0 aliphatic carbocycles. The SMILES string of the molecule is CN(C)C(=O)N1CCCC(C(=O)Nc2ccc(F)cc2)C1. The highest BCUT2D eigenvalue weighted by Crippen LogP contribution is 2.19. The minimum absolute atomic E-state index is 0.0747. The molecule has 2 rings (SSSR count). The van der Waals surface area contributed by atoms with Gasteiger partial charge in [0.2, 0.25) is 5.91 Å². The molecule has 3 amide bonds. The molecule has 1 aliphatic rings. The number of hydrogen-bond donors (Lipinski definition) is 1. The van der Waals surface area contributed by atoms with Crippen LogP contribution in [0.2, 0.25) is 0 Å². The molecule has 1 aromatic rings. The van der Waals surface area contributed by atoms with Crippen LogP contribution in [0, 0.1) is 11.7 Å². The van der Waals surface area contributed by atoms with Crippen LogP contribution in [-0.2, 0) is 4.79 Å². The smallest absolute Gasteiger partial charge is 0.319 e. The first-order chi connectivity index (χ1) is 9.97. The number of amides is 3. The molecule has 1 aromatic carbocycles. The second-order valence-electron chi connectivity index (χ2n) is 5.46. The first kappa shape index (κ1) is 15.3. The molecule has 1 saturated heterocycles. The quantitative estimate of drug-likeness (QED) is 0.908. The Hall–Kier alpha value is -2.11. The second-order valence-corrected chi connectivity index (χ2v) is 5.46. The van der Waals surface area contributed by atoms with Gasteiger partial charge in [-0.2, -0.15) is 0 Å². The number of rotatable bonds is 2. The molecule has 1 aliphatic heterocycles. The highest BCUT2D eigenvalue weighted by atomic mass is 19.1. The van der Waals surface area contributed by atoms with Gasteiger partial charge in [0.1, 0.15) is 5.82 Å². The van der Waals surface area contributed by atoms with Gasteiger partial charge in [-0.05, 0) is 37.1 Å². The average molecular weight is 293 g/mol. The van der Waals surface area contributed by atoms with Crippen molar-refractivity contribution in [3.63, 3.8) is 0 Å². The number of carbonyl (C=O) groups excluding carboxylic acids is 2. The van der Waals surface area contributed by atoms with Gasteiger partial charge in [0.05, 0.1) is 5.92 Å². The maximum Gasteiger partial charge on any atom is 0.319 e. The van der Waals surface area contributed by atoms with E-state index in [2.05, 4.69) is 5.32 Å². The van der Waals surface area contributed by atoms with Crippen LogP contribution in [0.3, 0.4) is 0 Å². The van der Waals surface area contributed by atoms with E-state index in [0.717, 1.165) is 12.8 Å². The number of urea groups is 1. The van der Waals surface area contributed by atoms with Crippen molar-refractivity contribution in [1.82, 2.24) is 9.80 Å². The van der Waals surface area contributed by atoms with Gasteiger partial charge in [0.25, 0.3) is 0 Å². The van der Waals surface area contributed by atoms with Gasteiger partial charge in [-0.3, -0.25) is 4.79 Å². The minimum atomic E-state index is -0.339. The summed E-state index contributed by atoms with van der Waals surface area (Å²) in [5, 5.41) is 2.77. The Morgan fingerprint density at radius 2 is 1.95 bits per heavy atom. The number of nitrogens with one attached hydrogen (secondary N) is 1. The minimum Gasteiger partial charge on any atom is -0.331 e. The molecule has 1 fully saturated rings. The number of hydrogen-bond acceptors (Lipinski definition) is 2. The van der Waals surface area contributed by atoms with Crippen molar-refractivity contribution in [3.05, 3.63) is 30.1 Å². The van der Waals surface area contributed by atoms with Crippen LogP contribution in [0.1, 0.15) is 12.8 Å². The third-order valence-corrected chi connectivity index (χ3v) is 3.56. The Bertz CT molecular complexity index is 516. The summed E-state index contributed by atoms with van der Waals surface area (Å²) in [7, 11) is 3.40. The lowest BCUT2D eigenvalue weighted by atomic mass is 9.97. The van der Waals surface area contributed by atoms with E-state index in [-0.39, 0.29) is 23.7 Å². The topological polar surface area (TPSA) is 52.7 Å². The summed E-state index contributed by atoms with van der Waals surface area (Å²) in [6.45, 7) is 1.10. The zero-order valence-corrected chi connectivity index (χ0v) is 12.3. The largest absolute Gasteiger partial charge is 0.331 e. The molecule has 5 nitrogen and oxygen atoms in total. The zero-order valence-electron chi connectivity index (χ0n) is 12.3. The van der Waals surface area contributed by atoms with Crippen LogP contribution in [0.15, 0.2) is 24.3 Å². The average Bonchev–Trinajstić information content (AvgIpc) is 2.48. The van der Waals surface area contributed by atoms with E-state index in [1.165, 1.54) is 29.2 Å². The van der Waals surface area contributed by atoms with E-state index in [9.17, 15) is 14.0 Å². The van der Waals surface area contributed by atoms with Gasteiger partial charge in [-0.1, -0.05) is 0 Å². The molecule has 114 valence electrons. The molecule has 0 bridgehead atoms. The highest BCUT2D eigenvalue weighted by molar-refractivity contribution is 5.93. The van der Waals surface area contributed by atoms with Crippen LogP contribution in [0.4, 0.5) is 14.9 Å². The predicted molar refractivity (Wildman–Crippen MR) is 78.4 cm³/mol. The number of piperidine rings is 1. The van der Waals surface area contributed by atoms with Crippen molar-refractivity contribution in [2.45, 2.75) is 12.8 Å². The maximum atomic E-state index is 12.8. The number of carbonyl (C=O) groups is 2. The summed E-state index contributed by atoms with van der Waals surface area (Å²) in [6.07, 6.45) is 1.56. The van der Waals surface area contributed by atoms with Crippen LogP contribution < -0.4 is 5.32 Å². The molecule has 1 heterocycles. The Kier molecular flexibility index (Phi) is 4.77. The predicted octanol–water partition coefficient (Wildman–Crippen LogP) is 2.16. The van der Waals surface area contributed by atoms with Gasteiger partial charge in [-0.25, -0.2) is 9.18 Å². The van der Waals surface area contributed by atoms with Gasteiger partial charge in [-0.15, -0.1) is 0 Å². The fourth-order valence-electron chi connectivity index (χ4n) is 2.43. The van der Waals surface area contributed by atoms with Gasteiger partial charge < -0.3 is 15.1 Å². The molecule has 1 atom stereocenters. The van der Waals surface area contributed by atoms with E-state index >= 15 is 0 Å². The summed E-state index contributed by atoms with van der Waals surface area (Å²) < 4.78 is 12.8. The third kappa shape index (κ3) is 3.93. The number of halogens is 1. The number of likely N-dealkylation sites (tertiary alicyclic amines) is 1. The van der Waals surface area contributed by atoms with E-state index in [4.69, 9.17) is 0 Å². The summed E-state index contributed by atoms with van der Waals surface area (Å²) >= 11 is 0. The fraction of sp³-hybridized carbons (Fsp3) is 0.467. The third-order valence-electron chi connectivity index (χ3n) is 3.56. The van der Waals surface area contributed by atoms with E-state index < -0.39 is 0 Å². The monoisotopic (exact) mass is 293 g/mol. The van der Waals surface area contributed by atoms with Crippen molar-refractivity contribution < 1.29 is 14.0 Å². The zero-order chi connectivity index (χ0) is 15.4. The Morgan fingerprint density at radius 1 is 1.29 bits per heavy atom. The van der Waals surface area contributed by atoms with E-state index in [1.54, 1.807) is 19.0 Å². The molecule has 0 saturated carbocycles. The second kappa shape index (κ2) is 6.56. The molecule has 21 heavy (non-hydrogen) atoms. The summed E-state index contributed by atoms with van der Waals surface area (Å²) in [6, 6.07) is 5.59. The Morgan fingerprint density at radius 3 is 2.57 bits per heavy atom. The molecule has 6 heteroatoms. The highest BCUT2D eigenvalue weighted by Gasteiger charge is 2.29. The van der Waals surface area contributed by atoms with E-state index in [1.807, 2.05) is 0 Å². The fourth-order valence-corrected chi connectivity index (χ4v) is 2.43. The van der Waals surface area contributed by atoms with Crippen LogP contribution >= 0.6 is 0 Å². The Balaban J connectivity index is 1.96. The lowest BCUT2D eigenvalue weighted by Gasteiger charge is -2.33. The van der Waals surface area contributed by atoms with Crippen LogP contribution in [-0.4, -0.2) is 48.9 Å². The molecular weight excluding hydrogens is 273 g/mol. The first-order valence-corrected chi connectivity index (χ1v) is 7.00. The van der Waals surface area contributed by atoms with Crippen molar-refractivity contribution in [2.24, 2.45) is 5.92 Å². The molecule has 1 unspecified atom stereocenters. The Labute approximate surface area is 123 Å². The van der Waals surface area contributed by atoms with Crippen LogP contribution in [0.5, 0.6) is 0 Å². The number of benzene rings is 1.